The van der Waals surface area contributed by atoms with Crippen LogP contribution in [-0.2, 0) is 20.7 Å². The Kier molecular flexibility index (Phi) is 5.83. The smallest absolute Gasteiger partial charge is 0.310 e. The lowest BCUT2D eigenvalue weighted by Crippen LogP contribution is -2.24. The minimum Gasteiger partial charge on any atom is -0.465 e. The molecule has 1 aromatic carbocycles. The molecule has 0 aliphatic carbocycles. The second kappa shape index (κ2) is 7.87. The fourth-order valence-corrected chi connectivity index (χ4v) is 2.02. The SMILES string of the molecule is O=C(Cc1ccc(OC2CCCCO2)cc1)OCCO. The highest BCUT2D eigenvalue weighted by Crippen LogP contribution is 2.19. The third-order valence-corrected chi connectivity index (χ3v) is 3.03. The first kappa shape index (κ1) is 14.8. The fraction of sp³-hybridized carbons (Fsp3) is 0.533. The van der Waals surface area contributed by atoms with E-state index in [1.807, 2.05) is 24.3 Å². The third-order valence-electron chi connectivity index (χ3n) is 3.03. The Hall–Kier alpha value is -1.59. The Bertz CT molecular complexity index is 409. The molecule has 0 amide bonds. The summed E-state index contributed by atoms with van der Waals surface area (Å²) in [6.45, 7) is 0.637. The van der Waals surface area contributed by atoms with Crippen molar-refractivity contribution in [3.63, 3.8) is 0 Å². The van der Waals surface area contributed by atoms with Gasteiger partial charge < -0.3 is 19.3 Å². The van der Waals surface area contributed by atoms with Crippen molar-refractivity contribution >= 4 is 5.97 Å². The van der Waals surface area contributed by atoms with Gasteiger partial charge in [-0.3, -0.25) is 4.79 Å². The molecule has 0 aromatic heterocycles. The van der Waals surface area contributed by atoms with Crippen LogP contribution in [0.3, 0.4) is 0 Å². The molecule has 1 N–H and O–H groups in total. The summed E-state index contributed by atoms with van der Waals surface area (Å²) in [5, 5.41) is 8.57. The summed E-state index contributed by atoms with van der Waals surface area (Å²) in [6.07, 6.45) is 3.16. The summed E-state index contributed by atoms with van der Waals surface area (Å²) >= 11 is 0. The average molecular weight is 280 g/mol. The molecule has 110 valence electrons. The van der Waals surface area contributed by atoms with Gasteiger partial charge in [0.2, 0.25) is 0 Å². The van der Waals surface area contributed by atoms with Gasteiger partial charge in [0.05, 0.1) is 19.6 Å². The molecule has 1 heterocycles. The summed E-state index contributed by atoms with van der Waals surface area (Å²) in [5.74, 6) is 0.396. The number of carbonyl (C=O) groups excluding carboxylic acids is 1. The number of hydrogen-bond donors (Lipinski definition) is 1. The van der Waals surface area contributed by atoms with E-state index in [-0.39, 0.29) is 31.9 Å². The Labute approximate surface area is 118 Å². The second-order valence-corrected chi connectivity index (χ2v) is 4.68. The third kappa shape index (κ3) is 4.83. The van der Waals surface area contributed by atoms with Gasteiger partial charge in [-0.1, -0.05) is 12.1 Å². The van der Waals surface area contributed by atoms with Crippen LogP contribution in [0, 0.1) is 0 Å². The molecule has 1 aliphatic heterocycles. The van der Waals surface area contributed by atoms with E-state index in [0.29, 0.717) is 0 Å². The van der Waals surface area contributed by atoms with Crippen molar-refractivity contribution in [2.24, 2.45) is 0 Å². The van der Waals surface area contributed by atoms with Gasteiger partial charge in [0.25, 0.3) is 0 Å². The monoisotopic (exact) mass is 280 g/mol. The molecule has 5 heteroatoms. The number of benzene rings is 1. The van der Waals surface area contributed by atoms with Crippen molar-refractivity contribution in [3.8, 4) is 5.75 Å². The standard InChI is InChI=1S/C15H20O5/c16-8-10-18-14(17)11-12-4-6-13(7-5-12)20-15-3-1-2-9-19-15/h4-7,15-16H,1-3,8-11H2. The van der Waals surface area contributed by atoms with Gasteiger partial charge in [-0.05, 0) is 30.5 Å². The van der Waals surface area contributed by atoms with Gasteiger partial charge in [-0.25, -0.2) is 0 Å². The number of aliphatic hydroxyl groups excluding tert-OH is 1. The number of ether oxygens (including phenoxy) is 3. The van der Waals surface area contributed by atoms with E-state index in [9.17, 15) is 4.79 Å². The minimum absolute atomic E-state index is 0.0407. The molecule has 0 radical (unpaired) electrons. The predicted octanol–water partition coefficient (Wildman–Crippen LogP) is 1.67. The van der Waals surface area contributed by atoms with Crippen molar-refractivity contribution < 1.29 is 24.1 Å². The average Bonchev–Trinajstić information content (AvgIpc) is 2.48. The molecule has 2 rings (SSSR count). The molecule has 1 fully saturated rings. The summed E-state index contributed by atoms with van der Waals surface area (Å²) < 4.78 is 16.0. The van der Waals surface area contributed by atoms with E-state index < -0.39 is 0 Å². The predicted molar refractivity (Wildman–Crippen MR) is 72.4 cm³/mol. The molecule has 1 unspecified atom stereocenters. The van der Waals surface area contributed by atoms with Crippen LogP contribution >= 0.6 is 0 Å². The summed E-state index contributed by atoms with van der Waals surface area (Å²) in [6, 6.07) is 7.32. The molecule has 0 saturated carbocycles. The van der Waals surface area contributed by atoms with E-state index in [4.69, 9.17) is 19.3 Å². The normalized spacial score (nSPS) is 18.6. The van der Waals surface area contributed by atoms with Gasteiger partial charge in [-0.2, -0.15) is 0 Å². The molecule has 1 aliphatic rings. The van der Waals surface area contributed by atoms with Gasteiger partial charge in [-0.15, -0.1) is 0 Å². The highest BCUT2D eigenvalue weighted by Gasteiger charge is 2.15. The lowest BCUT2D eigenvalue weighted by molar-refractivity contribution is -0.143. The summed E-state index contributed by atoms with van der Waals surface area (Å²) in [4.78, 5) is 11.4. The quantitative estimate of drug-likeness (QED) is 0.803. The van der Waals surface area contributed by atoms with Gasteiger partial charge in [0.1, 0.15) is 12.4 Å². The van der Waals surface area contributed by atoms with Crippen molar-refractivity contribution in [1.82, 2.24) is 0 Å². The molecule has 5 nitrogen and oxygen atoms in total. The zero-order chi connectivity index (χ0) is 14.2. The molecule has 1 aromatic rings. The van der Waals surface area contributed by atoms with E-state index in [1.165, 1.54) is 0 Å². The first-order chi connectivity index (χ1) is 9.78. The first-order valence-electron chi connectivity index (χ1n) is 6.91. The van der Waals surface area contributed by atoms with Crippen LogP contribution in [0.2, 0.25) is 0 Å². The van der Waals surface area contributed by atoms with Crippen LogP contribution in [0.4, 0.5) is 0 Å². The molecule has 1 atom stereocenters. The highest BCUT2D eigenvalue weighted by atomic mass is 16.7. The van der Waals surface area contributed by atoms with Crippen LogP contribution in [0.1, 0.15) is 24.8 Å². The van der Waals surface area contributed by atoms with Crippen LogP contribution < -0.4 is 4.74 Å². The van der Waals surface area contributed by atoms with Gasteiger partial charge >= 0.3 is 5.97 Å². The Morgan fingerprint density at radius 2 is 2.10 bits per heavy atom. The Balaban J connectivity index is 1.81. The molecular formula is C15H20O5. The number of carbonyl (C=O) groups is 1. The van der Waals surface area contributed by atoms with E-state index in [2.05, 4.69) is 0 Å². The Morgan fingerprint density at radius 3 is 2.75 bits per heavy atom. The van der Waals surface area contributed by atoms with Crippen LogP contribution in [0.5, 0.6) is 5.75 Å². The lowest BCUT2D eigenvalue weighted by Gasteiger charge is -2.23. The van der Waals surface area contributed by atoms with Crippen molar-refractivity contribution in [3.05, 3.63) is 29.8 Å². The van der Waals surface area contributed by atoms with Crippen LogP contribution in [-0.4, -0.2) is 37.2 Å². The largest absolute Gasteiger partial charge is 0.465 e. The lowest BCUT2D eigenvalue weighted by atomic mass is 10.1. The summed E-state index contributed by atoms with van der Waals surface area (Å²) in [7, 11) is 0. The Morgan fingerprint density at radius 1 is 1.30 bits per heavy atom. The van der Waals surface area contributed by atoms with Crippen molar-refractivity contribution in [2.75, 3.05) is 19.8 Å². The van der Waals surface area contributed by atoms with E-state index in [1.54, 1.807) is 0 Å². The van der Waals surface area contributed by atoms with Crippen molar-refractivity contribution in [1.29, 1.82) is 0 Å². The van der Waals surface area contributed by atoms with Crippen molar-refractivity contribution in [2.45, 2.75) is 32.0 Å². The molecule has 1 saturated heterocycles. The van der Waals surface area contributed by atoms with Gasteiger partial charge in [0, 0.05) is 6.42 Å². The second-order valence-electron chi connectivity index (χ2n) is 4.68. The molecular weight excluding hydrogens is 260 g/mol. The molecule has 20 heavy (non-hydrogen) atoms. The zero-order valence-electron chi connectivity index (χ0n) is 11.4. The topological polar surface area (TPSA) is 65.0 Å². The fourth-order valence-electron chi connectivity index (χ4n) is 2.02. The summed E-state index contributed by atoms with van der Waals surface area (Å²) in [5.41, 5.74) is 0.852. The van der Waals surface area contributed by atoms with Gasteiger partial charge in [0.15, 0.2) is 6.29 Å². The first-order valence-corrected chi connectivity index (χ1v) is 6.91. The van der Waals surface area contributed by atoms with E-state index in [0.717, 1.165) is 37.2 Å². The van der Waals surface area contributed by atoms with Crippen LogP contribution in [0.15, 0.2) is 24.3 Å². The maximum atomic E-state index is 11.4. The maximum Gasteiger partial charge on any atom is 0.310 e. The number of rotatable bonds is 6. The minimum atomic E-state index is -0.344. The number of aliphatic hydroxyl groups is 1. The zero-order valence-corrected chi connectivity index (χ0v) is 11.4. The maximum absolute atomic E-state index is 11.4. The molecule has 0 bridgehead atoms. The number of esters is 1. The van der Waals surface area contributed by atoms with Crippen LogP contribution in [0.25, 0.3) is 0 Å². The molecule has 0 spiro atoms. The highest BCUT2D eigenvalue weighted by molar-refractivity contribution is 5.72. The number of hydrogen-bond acceptors (Lipinski definition) is 5. The van der Waals surface area contributed by atoms with E-state index >= 15 is 0 Å².